The number of carboxylic acid groups (broad SMARTS) is 1. The lowest BCUT2D eigenvalue weighted by atomic mass is 9.86. The quantitative estimate of drug-likeness (QED) is 0.799. The molecule has 1 amide bonds. The van der Waals surface area contributed by atoms with Crippen LogP contribution in [0.25, 0.3) is 0 Å². The number of ether oxygens (including phenoxy) is 1. The molecule has 24 heavy (non-hydrogen) atoms. The first-order valence-electron chi connectivity index (χ1n) is 9.20. The molecule has 3 atom stereocenters. The van der Waals surface area contributed by atoms with Gasteiger partial charge in [0, 0.05) is 19.1 Å². The molecule has 1 aliphatic carbocycles. The summed E-state index contributed by atoms with van der Waals surface area (Å²) in [5.41, 5.74) is 0. The predicted molar refractivity (Wildman–Crippen MR) is 91.7 cm³/mol. The maximum atomic E-state index is 12.9. The molecule has 6 heteroatoms. The van der Waals surface area contributed by atoms with Crippen molar-refractivity contribution in [3.63, 3.8) is 0 Å². The standard InChI is InChI=1S/C18H32N2O4/c1-11(2)16(20-9-12(3)24-13(4)10-20)17(21)19-15-7-5-14(6-8-15)18(22)23/h11-16H,5-10H2,1-4H3,(H,19,21)(H,22,23)/t12-,13+,14?,15?,16-/m1/s1. The summed E-state index contributed by atoms with van der Waals surface area (Å²) in [6, 6.07) is -0.0544. The minimum atomic E-state index is -0.712. The van der Waals surface area contributed by atoms with E-state index in [4.69, 9.17) is 9.84 Å². The van der Waals surface area contributed by atoms with Crippen molar-refractivity contribution in [3.8, 4) is 0 Å². The van der Waals surface area contributed by atoms with Crippen LogP contribution in [0, 0.1) is 11.8 Å². The predicted octanol–water partition coefficient (Wildman–Crippen LogP) is 1.88. The number of amides is 1. The zero-order valence-corrected chi connectivity index (χ0v) is 15.3. The lowest BCUT2D eigenvalue weighted by Gasteiger charge is -2.41. The Morgan fingerprint density at radius 1 is 1.08 bits per heavy atom. The Morgan fingerprint density at radius 2 is 1.62 bits per heavy atom. The number of carbonyl (C=O) groups is 2. The number of carbonyl (C=O) groups excluding carboxylic acids is 1. The van der Waals surface area contributed by atoms with Crippen LogP contribution in [0.3, 0.4) is 0 Å². The highest BCUT2D eigenvalue weighted by Crippen LogP contribution is 2.25. The van der Waals surface area contributed by atoms with E-state index < -0.39 is 5.97 Å². The van der Waals surface area contributed by atoms with Crippen LogP contribution in [-0.2, 0) is 14.3 Å². The van der Waals surface area contributed by atoms with Gasteiger partial charge in [-0.05, 0) is 45.4 Å². The zero-order valence-electron chi connectivity index (χ0n) is 15.3. The Hall–Kier alpha value is -1.14. The second kappa shape index (κ2) is 8.30. The molecule has 0 bridgehead atoms. The van der Waals surface area contributed by atoms with E-state index in [0.29, 0.717) is 12.8 Å². The number of hydrogen-bond donors (Lipinski definition) is 2. The molecule has 0 aromatic heterocycles. The lowest BCUT2D eigenvalue weighted by Crippen LogP contribution is -2.58. The minimum Gasteiger partial charge on any atom is -0.481 e. The monoisotopic (exact) mass is 340 g/mol. The average molecular weight is 340 g/mol. The summed E-state index contributed by atoms with van der Waals surface area (Å²) in [5, 5.41) is 12.3. The number of aliphatic carboxylic acids is 1. The molecule has 138 valence electrons. The summed E-state index contributed by atoms with van der Waals surface area (Å²) in [7, 11) is 0. The molecular formula is C18H32N2O4. The SMILES string of the molecule is CC(C)[C@H](C(=O)NC1CCC(C(=O)O)CC1)N1C[C@@H](C)O[C@@H](C)C1. The molecule has 2 fully saturated rings. The van der Waals surface area contributed by atoms with Gasteiger partial charge in [-0.3, -0.25) is 14.5 Å². The molecule has 0 radical (unpaired) electrons. The van der Waals surface area contributed by atoms with Crippen molar-refractivity contribution in [1.82, 2.24) is 10.2 Å². The van der Waals surface area contributed by atoms with Crippen molar-refractivity contribution in [3.05, 3.63) is 0 Å². The van der Waals surface area contributed by atoms with E-state index in [9.17, 15) is 9.59 Å². The van der Waals surface area contributed by atoms with Crippen LogP contribution in [-0.4, -0.2) is 59.3 Å². The highest BCUT2D eigenvalue weighted by atomic mass is 16.5. The van der Waals surface area contributed by atoms with Crippen LogP contribution in [0.15, 0.2) is 0 Å². The van der Waals surface area contributed by atoms with Crippen LogP contribution in [0.5, 0.6) is 0 Å². The van der Waals surface area contributed by atoms with E-state index in [1.165, 1.54) is 0 Å². The van der Waals surface area contributed by atoms with Crippen LogP contribution >= 0.6 is 0 Å². The molecule has 6 nitrogen and oxygen atoms in total. The molecule has 0 aromatic carbocycles. The summed E-state index contributed by atoms with van der Waals surface area (Å²) in [6.45, 7) is 9.79. The third-order valence-electron chi connectivity index (χ3n) is 5.16. The topological polar surface area (TPSA) is 78.9 Å². The fraction of sp³-hybridized carbons (Fsp3) is 0.889. The Kier molecular flexibility index (Phi) is 6.63. The zero-order chi connectivity index (χ0) is 17.9. The number of rotatable bonds is 5. The van der Waals surface area contributed by atoms with Gasteiger partial charge < -0.3 is 15.2 Å². The summed E-state index contributed by atoms with van der Waals surface area (Å²) in [6.07, 6.45) is 3.08. The largest absolute Gasteiger partial charge is 0.481 e. The van der Waals surface area contributed by atoms with E-state index >= 15 is 0 Å². The van der Waals surface area contributed by atoms with Crippen molar-refractivity contribution < 1.29 is 19.4 Å². The smallest absolute Gasteiger partial charge is 0.306 e. The maximum absolute atomic E-state index is 12.9. The number of hydrogen-bond acceptors (Lipinski definition) is 4. The van der Waals surface area contributed by atoms with Gasteiger partial charge in [0.2, 0.25) is 5.91 Å². The van der Waals surface area contributed by atoms with Gasteiger partial charge in [0.15, 0.2) is 0 Å². The van der Waals surface area contributed by atoms with E-state index in [0.717, 1.165) is 25.9 Å². The average Bonchev–Trinajstić information content (AvgIpc) is 2.46. The van der Waals surface area contributed by atoms with Crippen LogP contribution in [0.2, 0.25) is 0 Å². The first-order valence-corrected chi connectivity index (χ1v) is 9.20. The van der Waals surface area contributed by atoms with Crippen molar-refractivity contribution in [2.45, 2.75) is 77.7 Å². The van der Waals surface area contributed by atoms with Crippen molar-refractivity contribution >= 4 is 11.9 Å². The Bertz CT molecular complexity index is 436. The van der Waals surface area contributed by atoms with Gasteiger partial charge in [0.05, 0.1) is 24.2 Å². The van der Waals surface area contributed by atoms with Crippen LogP contribution in [0.4, 0.5) is 0 Å². The summed E-state index contributed by atoms with van der Waals surface area (Å²) in [5.74, 6) is -0.668. The molecule has 2 rings (SSSR count). The molecule has 1 heterocycles. The van der Waals surface area contributed by atoms with Gasteiger partial charge in [-0.15, -0.1) is 0 Å². The fourth-order valence-corrected chi connectivity index (χ4v) is 4.11. The number of carboxylic acids is 1. The van der Waals surface area contributed by atoms with Gasteiger partial charge in [-0.2, -0.15) is 0 Å². The minimum absolute atomic E-state index is 0.0741. The fourth-order valence-electron chi connectivity index (χ4n) is 4.11. The van der Waals surface area contributed by atoms with Crippen molar-refractivity contribution in [2.24, 2.45) is 11.8 Å². The highest BCUT2D eigenvalue weighted by Gasteiger charge is 2.35. The Labute approximate surface area is 144 Å². The van der Waals surface area contributed by atoms with Crippen molar-refractivity contribution in [2.75, 3.05) is 13.1 Å². The van der Waals surface area contributed by atoms with Crippen molar-refractivity contribution in [1.29, 1.82) is 0 Å². The van der Waals surface area contributed by atoms with Gasteiger partial charge in [-0.1, -0.05) is 13.8 Å². The van der Waals surface area contributed by atoms with Gasteiger partial charge in [-0.25, -0.2) is 0 Å². The second-order valence-corrected chi connectivity index (χ2v) is 7.80. The molecule has 2 aliphatic rings. The van der Waals surface area contributed by atoms with E-state index in [1.54, 1.807) is 0 Å². The summed E-state index contributed by atoms with van der Waals surface area (Å²) >= 11 is 0. The maximum Gasteiger partial charge on any atom is 0.306 e. The van der Waals surface area contributed by atoms with E-state index in [2.05, 4.69) is 24.1 Å². The van der Waals surface area contributed by atoms with E-state index in [-0.39, 0.29) is 42.0 Å². The van der Waals surface area contributed by atoms with Crippen LogP contribution < -0.4 is 5.32 Å². The van der Waals surface area contributed by atoms with Gasteiger partial charge in [0.25, 0.3) is 0 Å². The van der Waals surface area contributed by atoms with Crippen LogP contribution in [0.1, 0.15) is 53.4 Å². The first-order chi connectivity index (χ1) is 11.3. The van der Waals surface area contributed by atoms with Gasteiger partial charge >= 0.3 is 5.97 Å². The second-order valence-electron chi connectivity index (χ2n) is 7.80. The molecule has 1 aliphatic heterocycles. The molecular weight excluding hydrogens is 308 g/mol. The Morgan fingerprint density at radius 3 is 2.08 bits per heavy atom. The molecule has 0 unspecified atom stereocenters. The molecule has 0 spiro atoms. The molecule has 0 aromatic rings. The normalized spacial score (nSPS) is 33.2. The lowest BCUT2D eigenvalue weighted by molar-refractivity contribution is -0.142. The highest BCUT2D eigenvalue weighted by molar-refractivity contribution is 5.82. The third-order valence-corrected chi connectivity index (χ3v) is 5.16. The van der Waals surface area contributed by atoms with E-state index in [1.807, 2.05) is 13.8 Å². The molecule has 1 saturated heterocycles. The Balaban J connectivity index is 1.93. The molecule has 1 saturated carbocycles. The van der Waals surface area contributed by atoms with Gasteiger partial charge in [0.1, 0.15) is 0 Å². The summed E-state index contributed by atoms with van der Waals surface area (Å²) in [4.78, 5) is 26.2. The molecule has 2 N–H and O–H groups in total. The number of nitrogens with one attached hydrogen (secondary N) is 1. The third kappa shape index (κ3) is 4.93. The first kappa shape index (κ1) is 19.2. The number of morpholine rings is 1. The number of nitrogens with zero attached hydrogens (tertiary/aromatic N) is 1. The summed E-state index contributed by atoms with van der Waals surface area (Å²) < 4.78 is 5.78.